The maximum absolute atomic E-state index is 15.2. The summed E-state index contributed by atoms with van der Waals surface area (Å²) in [6, 6.07) is 6.97. The van der Waals surface area contributed by atoms with Crippen molar-refractivity contribution in [3.05, 3.63) is 36.4 Å². The third kappa shape index (κ3) is 4.46. The van der Waals surface area contributed by atoms with Gasteiger partial charge in [0.05, 0.1) is 13.2 Å². The summed E-state index contributed by atoms with van der Waals surface area (Å²) < 4.78 is 25.9. The Labute approximate surface area is 175 Å². The van der Waals surface area contributed by atoms with Gasteiger partial charge in [-0.25, -0.2) is 19.2 Å². The summed E-state index contributed by atoms with van der Waals surface area (Å²) >= 11 is 0. The molecule has 1 atom stereocenters. The SMILES string of the molecule is COc1ccc(-c2ncnc(N3CCN(C(=O)NCC4CCCO4)CC3)c2F)cc1. The van der Waals surface area contributed by atoms with Crippen LogP contribution in [0.1, 0.15) is 12.8 Å². The number of carbonyl (C=O) groups excluding carboxylic acids is 1. The molecule has 2 saturated heterocycles. The molecule has 2 aliphatic heterocycles. The first-order valence-electron chi connectivity index (χ1n) is 10.2. The van der Waals surface area contributed by atoms with Gasteiger partial charge in [0.25, 0.3) is 0 Å². The van der Waals surface area contributed by atoms with Gasteiger partial charge in [0, 0.05) is 44.9 Å². The van der Waals surface area contributed by atoms with Gasteiger partial charge in [0.1, 0.15) is 17.8 Å². The van der Waals surface area contributed by atoms with Crippen LogP contribution in [0.3, 0.4) is 0 Å². The zero-order valence-electron chi connectivity index (χ0n) is 17.0. The Balaban J connectivity index is 1.37. The van der Waals surface area contributed by atoms with Gasteiger partial charge in [0.2, 0.25) is 0 Å². The fourth-order valence-electron chi connectivity index (χ4n) is 3.77. The first-order valence-corrected chi connectivity index (χ1v) is 10.2. The monoisotopic (exact) mass is 415 g/mol. The highest BCUT2D eigenvalue weighted by Crippen LogP contribution is 2.28. The fourth-order valence-corrected chi connectivity index (χ4v) is 3.77. The van der Waals surface area contributed by atoms with Gasteiger partial charge < -0.3 is 24.6 Å². The van der Waals surface area contributed by atoms with Gasteiger partial charge >= 0.3 is 6.03 Å². The van der Waals surface area contributed by atoms with E-state index in [1.807, 2.05) is 4.90 Å². The number of amides is 2. The number of aromatic nitrogens is 2. The second-order valence-electron chi connectivity index (χ2n) is 7.38. The van der Waals surface area contributed by atoms with Crippen molar-refractivity contribution < 1.29 is 18.7 Å². The minimum Gasteiger partial charge on any atom is -0.497 e. The van der Waals surface area contributed by atoms with Gasteiger partial charge in [-0.2, -0.15) is 0 Å². The van der Waals surface area contributed by atoms with Crippen molar-refractivity contribution in [2.45, 2.75) is 18.9 Å². The molecular weight excluding hydrogens is 389 g/mol. The zero-order valence-corrected chi connectivity index (χ0v) is 17.0. The molecule has 1 N–H and O–H groups in total. The van der Waals surface area contributed by atoms with Crippen LogP contribution in [0, 0.1) is 5.82 Å². The van der Waals surface area contributed by atoms with Gasteiger partial charge in [0.15, 0.2) is 11.6 Å². The van der Waals surface area contributed by atoms with Crippen molar-refractivity contribution in [1.82, 2.24) is 20.2 Å². The molecule has 2 fully saturated rings. The molecule has 2 aromatic rings. The summed E-state index contributed by atoms with van der Waals surface area (Å²) in [5.41, 5.74) is 0.906. The molecule has 2 aliphatic rings. The van der Waals surface area contributed by atoms with Crippen LogP contribution in [0.25, 0.3) is 11.3 Å². The molecule has 0 bridgehead atoms. The number of halogens is 1. The van der Waals surface area contributed by atoms with Gasteiger partial charge in [-0.15, -0.1) is 0 Å². The molecule has 0 aliphatic carbocycles. The predicted octanol–water partition coefficient (Wildman–Crippen LogP) is 2.30. The first-order chi connectivity index (χ1) is 14.7. The third-order valence-electron chi connectivity index (χ3n) is 5.51. The van der Waals surface area contributed by atoms with Gasteiger partial charge in [-0.3, -0.25) is 0 Å². The highest BCUT2D eigenvalue weighted by molar-refractivity contribution is 5.74. The quantitative estimate of drug-likeness (QED) is 0.807. The van der Waals surface area contributed by atoms with Crippen LogP contribution in [-0.4, -0.2) is 73.4 Å². The Morgan fingerprint density at radius 2 is 2.00 bits per heavy atom. The lowest BCUT2D eigenvalue weighted by Crippen LogP contribution is -2.53. The van der Waals surface area contributed by atoms with Crippen LogP contribution in [0.15, 0.2) is 30.6 Å². The number of piperazine rings is 1. The van der Waals surface area contributed by atoms with E-state index in [0.29, 0.717) is 44.0 Å². The number of methoxy groups -OCH3 is 1. The topological polar surface area (TPSA) is 79.8 Å². The van der Waals surface area contributed by atoms with Crippen molar-refractivity contribution in [2.24, 2.45) is 0 Å². The fraction of sp³-hybridized carbons (Fsp3) is 0.476. The highest BCUT2D eigenvalue weighted by atomic mass is 19.1. The Bertz CT molecular complexity index is 865. The van der Waals surface area contributed by atoms with Crippen LogP contribution < -0.4 is 15.0 Å². The van der Waals surface area contributed by atoms with Gasteiger partial charge in [-0.05, 0) is 37.1 Å². The summed E-state index contributed by atoms with van der Waals surface area (Å²) in [5.74, 6) is 0.497. The lowest BCUT2D eigenvalue weighted by Gasteiger charge is -2.35. The van der Waals surface area contributed by atoms with E-state index >= 15 is 4.39 Å². The first kappa shape index (κ1) is 20.3. The number of nitrogens with zero attached hydrogens (tertiary/aromatic N) is 4. The largest absolute Gasteiger partial charge is 0.497 e. The van der Waals surface area contributed by atoms with Gasteiger partial charge in [-0.1, -0.05) is 0 Å². The van der Waals surface area contributed by atoms with Crippen molar-refractivity contribution in [2.75, 3.05) is 51.3 Å². The molecule has 3 heterocycles. The van der Waals surface area contributed by atoms with Crippen LogP contribution in [0.2, 0.25) is 0 Å². The molecule has 4 rings (SSSR count). The van der Waals surface area contributed by atoms with E-state index in [4.69, 9.17) is 9.47 Å². The molecule has 30 heavy (non-hydrogen) atoms. The molecule has 2 amide bonds. The molecule has 1 aromatic heterocycles. The van der Waals surface area contributed by atoms with Crippen LogP contribution in [0.4, 0.5) is 15.0 Å². The third-order valence-corrected chi connectivity index (χ3v) is 5.51. The summed E-state index contributed by atoms with van der Waals surface area (Å²) in [6.45, 7) is 3.30. The maximum atomic E-state index is 15.2. The van der Waals surface area contributed by atoms with Crippen molar-refractivity contribution in [3.63, 3.8) is 0 Å². The molecule has 0 radical (unpaired) electrons. The number of rotatable bonds is 5. The van der Waals surface area contributed by atoms with E-state index in [2.05, 4.69) is 15.3 Å². The second kappa shape index (κ2) is 9.25. The number of urea groups is 1. The Morgan fingerprint density at radius 1 is 1.23 bits per heavy atom. The normalized spacial score (nSPS) is 19.1. The molecule has 1 unspecified atom stereocenters. The average Bonchev–Trinajstić information content (AvgIpc) is 3.32. The smallest absolute Gasteiger partial charge is 0.317 e. The summed E-state index contributed by atoms with van der Waals surface area (Å²) in [6.07, 6.45) is 3.51. The predicted molar refractivity (Wildman–Crippen MR) is 110 cm³/mol. The number of anilines is 1. The van der Waals surface area contributed by atoms with E-state index in [0.717, 1.165) is 19.4 Å². The Kier molecular flexibility index (Phi) is 6.27. The lowest BCUT2D eigenvalue weighted by atomic mass is 10.1. The Hall–Kier alpha value is -2.94. The molecular formula is C21H26FN5O3. The van der Waals surface area contributed by atoms with Crippen LogP contribution in [0.5, 0.6) is 5.75 Å². The number of benzene rings is 1. The number of hydrogen-bond acceptors (Lipinski definition) is 6. The summed E-state index contributed by atoms with van der Waals surface area (Å²) in [5, 5.41) is 2.93. The minimum atomic E-state index is -0.459. The summed E-state index contributed by atoms with van der Waals surface area (Å²) in [4.78, 5) is 24.3. The molecule has 0 saturated carbocycles. The van der Waals surface area contributed by atoms with Crippen molar-refractivity contribution in [1.29, 1.82) is 0 Å². The molecule has 0 spiro atoms. The molecule has 8 nitrogen and oxygen atoms in total. The van der Waals surface area contributed by atoms with Crippen molar-refractivity contribution >= 4 is 11.8 Å². The maximum Gasteiger partial charge on any atom is 0.317 e. The summed E-state index contributed by atoms with van der Waals surface area (Å²) in [7, 11) is 1.58. The van der Waals surface area contributed by atoms with Crippen LogP contribution in [-0.2, 0) is 4.74 Å². The lowest BCUT2D eigenvalue weighted by molar-refractivity contribution is 0.108. The minimum absolute atomic E-state index is 0.104. The standard InChI is InChI=1S/C21H26FN5O3/c1-29-16-6-4-15(5-7-16)19-18(22)20(25-14-24-19)26-8-10-27(11-9-26)21(28)23-13-17-3-2-12-30-17/h4-7,14,17H,2-3,8-13H2,1H3,(H,23,28). The van der Waals surface area contributed by atoms with E-state index in [-0.39, 0.29) is 23.6 Å². The number of ether oxygens (including phenoxy) is 2. The highest BCUT2D eigenvalue weighted by Gasteiger charge is 2.26. The second-order valence-corrected chi connectivity index (χ2v) is 7.38. The molecule has 9 heteroatoms. The van der Waals surface area contributed by atoms with Crippen LogP contribution >= 0.6 is 0 Å². The van der Waals surface area contributed by atoms with E-state index in [9.17, 15) is 4.79 Å². The average molecular weight is 415 g/mol. The molecule has 1 aromatic carbocycles. The van der Waals surface area contributed by atoms with E-state index < -0.39 is 5.82 Å². The van der Waals surface area contributed by atoms with E-state index in [1.165, 1.54) is 6.33 Å². The Morgan fingerprint density at radius 3 is 2.67 bits per heavy atom. The number of hydrogen-bond donors (Lipinski definition) is 1. The molecule has 160 valence electrons. The number of nitrogens with one attached hydrogen (secondary N) is 1. The number of carbonyl (C=O) groups is 1. The van der Waals surface area contributed by atoms with E-state index in [1.54, 1.807) is 36.3 Å². The zero-order chi connectivity index (χ0) is 20.9. The van der Waals surface area contributed by atoms with Crippen molar-refractivity contribution in [3.8, 4) is 17.0 Å².